The van der Waals surface area contributed by atoms with Crippen LogP contribution in [0.4, 0.5) is 0 Å². The highest BCUT2D eigenvalue weighted by Gasteiger charge is 2.42. The van der Waals surface area contributed by atoms with Crippen molar-refractivity contribution in [2.24, 2.45) is 11.7 Å². The molecule has 2 saturated heterocycles. The van der Waals surface area contributed by atoms with E-state index in [9.17, 15) is 8.42 Å². The number of rotatable bonds is 4. The van der Waals surface area contributed by atoms with E-state index in [1.165, 1.54) is 0 Å². The Kier molecular flexibility index (Phi) is 5.07. The molecule has 6 nitrogen and oxygen atoms in total. The lowest BCUT2D eigenvalue weighted by Gasteiger charge is -2.36. The van der Waals surface area contributed by atoms with Crippen molar-refractivity contribution in [3.63, 3.8) is 0 Å². The Morgan fingerprint density at radius 3 is 2.50 bits per heavy atom. The van der Waals surface area contributed by atoms with Crippen LogP contribution >= 0.6 is 0 Å². The number of likely N-dealkylation sites (N-methyl/N-ethyl adjacent to an activating group) is 1. The minimum atomic E-state index is -3.36. The quantitative estimate of drug-likeness (QED) is 0.789. The van der Waals surface area contributed by atoms with Crippen LogP contribution in [0.5, 0.6) is 0 Å². The molecule has 2 aliphatic rings. The second-order valence-corrected chi connectivity index (χ2v) is 8.21. The van der Waals surface area contributed by atoms with Crippen molar-refractivity contribution in [2.75, 3.05) is 40.3 Å². The first-order valence-corrected chi connectivity index (χ1v) is 8.91. The lowest BCUT2D eigenvalue weighted by atomic mass is 10.1. The van der Waals surface area contributed by atoms with Crippen LogP contribution in [0, 0.1) is 5.92 Å². The smallest absolute Gasteiger partial charge is 0.282 e. The third-order valence-corrected chi connectivity index (χ3v) is 6.69. The zero-order chi connectivity index (χ0) is 14.9. The minimum Gasteiger partial charge on any atom is -0.329 e. The van der Waals surface area contributed by atoms with Crippen molar-refractivity contribution in [1.82, 2.24) is 13.5 Å². The largest absolute Gasteiger partial charge is 0.329 e. The third kappa shape index (κ3) is 3.01. The molecular weight excluding hydrogens is 276 g/mol. The number of nitrogens with two attached hydrogens (primary N) is 1. The number of nitrogens with zero attached hydrogens (tertiary/aromatic N) is 3. The zero-order valence-electron chi connectivity index (χ0n) is 12.8. The van der Waals surface area contributed by atoms with E-state index in [-0.39, 0.29) is 6.04 Å². The Morgan fingerprint density at radius 2 is 1.95 bits per heavy atom. The summed E-state index contributed by atoms with van der Waals surface area (Å²) in [6, 6.07) is 0.272. The van der Waals surface area contributed by atoms with Gasteiger partial charge in [-0.25, -0.2) is 0 Å². The highest BCUT2D eigenvalue weighted by atomic mass is 32.2. The Hall–Kier alpha value is -0.210. The van der Waals surface area contributed by atoms with Crippen molar-refractivity contribution >= 4 is 10.2 Å². The summed E-state index contributed by atoms with van der Waals surface area (Å²) >= 11 is 0. The van der Waals surface area contributed by atoms with Gasteiger partial charge in [-0.2, -0.15) is 17.0 Å². The molecule has 0 aromatic heterocycles. The molecule has 2 aliphatic heterocycles. The van der Waals surface area contributed by atoms with E-state index in [1.807, 2.05) is 14.1 Å². The van der Waals surface area contributed by atoms with Crippen molar-refractivity contribution in [1.29, 1.82) is 0 Å². The first-order valence-electron chi connectivity index (χ1n) is 7.51. The highest BCUT2D eigenvalue weighted by Crippen LogP contribution is 2.28. The summed E-state index contributed by atoms with van der Waals surface area (Å²) in [6.45, 7) is 4.35. The predicted octanol–water partition coefficient (Wildman–Crippen LogP) is -0.0737. The molecule has 0 aliphatic carbocycles. The van der Waals surface area contributed by atoms with Gasteiger partial charge in [-0.3, -0.25) is 0 Å². The first kappa shape index (κ1) is 16.2. The van der Waals surface area contributed by atoms with Crippen LogP contribution in [0.2, 0.25) is 0 Å². The van der Waals surface area contributed by atoms with Gasteiger partial charge in [0.1, 0.15) is 0 Å². The van der Waals surface area contributed by atoms with E-state index in [1.54, 1.807) is 8.61 Å². The van der Waals surface area contributed by atoms with Gasteiger partial charge in [-0.05, 0) is 32.9 Å². The summed E-state index contributed by atoms with van der Waals surface area (Å²) in [5, 5.41) is 0. The molecule has 0 aromatic rings. The average molecular weight is 304 g/mol. The fraction of sp³-hybridized carbons (Fsp3) is 1.00. The van der Waals surface area contributed by atoms with Crippen LogP contribution in [0.1, 0.15) is 26.2 Å². The topological polar surface area (TPSA) is 69.9 Å². The fourth-order valence-corrected chi connectivity index (χ4v) is 5.42. The minimum absolute atomic E-state index is 0.0255. The molecule has 0 spiro atoms. The van der Waals surface area contributed by atoms with Gasteiger partial charge in [0.15, 0.2) is 0 Å². The SMILES string of the molecule is CC1CN(S(=O)(=O)N2CCCCC2CN)CC1N(C)C. The molecule has 0 amide bonds. The standard InChI is InChI=1S/C13H28N4O2S/c1-11-9-16(10-13(11)15(2)3)20(18,19)17-7-5-4-6-12(17)8-14/h11-13H,4-10,14H2,1-3H3. The van der Waals surface area contributed by atoms with E-state index in [4.69, 9.17) is 5.73 Å². The molecule has 3 unspecified atom stereocenters. The molecular formula is C13H28N4O2S. The maximum atomic E-state index is 12.8. The van der Waals surface area contributed by atoms with Crippen molar-refractivity contribution in [3.8, 4) is 0 Å². The van der Waals surface area contributed by atoms with E-state index >= 15 is 0 Å². The lowest BCUT2D eigenvalue weighted by molar-refractivity contribution is 0.236. The summed E-state index contributed by atoms with van der Waals surface area (Å²) in [7, 11) is 0.667. The molecule has 2 fully saturated rings. The Balaban J connectivity index is 2.14. The maximum Gasteiger partial charge on any atom is 0.282 e. The van der Waals surface area contributed by atoms with E-state index in [0.717, 1.165) is 19.3 Å². The van der Waals surface area contributed by atoms with Crippen LogP contribution in [0.3, 0.4) is 0 Å². The molecule has 118 valence electrons. The average Bonchev–Trinajstić information content (AvgIpc) is 2.81. The molecule has 0 aromatic carbocycles. The summed E-state index contributed by atoms with van der Waals surface area (Å²) < 4.78 is 29.0. The van der Waals surface area contributed by atoms with Crippen LogP contribution in [-0.4, -0.2) is 74.3 Å². The Morgan fingerprint density at radius 1 is 1.25 bits per heavy atom. The fourth-order valence-electron chi connectivity index (χ4n) is 3.43. The monoisotopic (exact) mass is 304 g/mol. The van der Waals surface area contributed by atoms with E-state index in [0.29, 0.717) is 38.1 Å². The van der Waals surface area contributed by atoms with Gasteiger partial charge in [0, 0.05) is 38.3 Å². The van der Waals surface area contributed by atoms with Gasteiger partial charge in [-0.1, -0.05) is 13.3 Å². The zero-order valence-corrected chi connectivity index (χ0v) is 13.6. The molecule has 0 saturated carbocycles. The summed E-state index contributed by atoms with van der Waals surface area (Å²) in [5.41, 5.74) is 5.76. The molecule has 0 bridgehead atoms. The summed E-state index contributed by atoms with van der Waals surface area (Å²) in [6.07, 6.45) is 2.90. The van der Waals surface area contributed by atoms with Crippen LogP contribution in [0.25, 0.3) is 0 Å². The molecule has 20 heavy (non-hydrogen) atoms. The molecule has 2 N–H and O–H groups in total. The van der Waals surface area contributed by atoms with Crippen molar-refractivity contribution < 1.29 is 8.42 Å². The van der Waals surface area contributed by atoms with Gasteiger partial charge in [-0.15, -0.1) is 0 Å². The summed E-state index contributed by atoms with van der Waals surface area (Å²) in [4.78, 5) is 2.12. The maximum absolute atomic E-state index is 12.8. The lowest BCUT2D eigenvalue weighted by Crippen LogP contribution is -2.52. The molecule has 2 heterocycles. The van der Waals surface area contributed by atoms with Crippen LogP contribution in [-0.2, 0) is 10.2 Å². The van der Waals surface area contributed by atoms with Gasteiger partial charge in [0.25, 0.3) is 10.2 Å². The van der Waals surface area contributed by atoms with Crippen LogP contribution < -0.4 is 5.73 Å². The first-order chi connectivity index (χ1) is 9.37. The number of hydrogen-bond donors (Lipinski definition) is 1. The normalized spacial score (nSPS) is 34.0. The molecule has 7 heteroatoms. The van der Waals surface area contributed by atoms with Crippen molar-refractivity contribution in [2.45, 2.75) is 38.3 Å². The van der Waals surface area contributed by atoms with Gasteiger partial charge >= 0.3 is 0 Å². The third-order valence-electron chi connectivity index (χ3n) is 4.67. The van der Waals surface area contributed by atoms with Gasteiger partial charge in [0.2, 0.25) is 0 Å². The van der Waals surface area contributed by atoms with Crippen molar-refractivity contribution in [3.05, 3.63) is 0 Å². The number of hydrogen-bond acceptors (Lipinski definition) is 4. The molecule has 3 atom stereocenters. The van der Waals surface area contributed by atoms with Gasteiger partial charge < -0.3 is 10.6 Å². The second-order valence-electron chi connectivity index (χ2n) is 6.33. The highest BCUT2D eigenvalue weighted by molar-refractivity contribution is 7.86. The Labute approximate surface area is 123 Å². The number of piperidine rings is 1. The van der Waals surface area contributed by atoms with E-state index < -0.39 is 10.2 Å². The summed E-state index contributed by atoms with van der Waals surface area (Å²) in [5.74, 6) is 0.362. The molecule has 0 radical (unpaired) electrons. The van der Waals surface area contributed by atoms with E-state index in [2.05, 4.69) is 11.8 Å². The predicted molar refractivity (Wildman–Crippen MR) is 80.5 cm³/mol. The second kappa shape index (κ2) is 6.27. The molecule has 2 rings (SSSR count). The van der Waals surface area contributed by atoms with Crippen LogP contribution in [0.15, 0.2) is 0 Å². The van der Waals surface area contributed by atoms with Gasteiger partial charge in [0.05, 0.1) is 0 Å². The Bertz CT molecular complexity index is 426.